The third kappa shape index (κ3) is 4.18. The first-order valence-corrected chi connectivity index (χ1v) is 5.66. The number of rotatable bonds is 5. The van der Waals surface area contributed by atoms with Gasteiger partial charge < -0.3 is 4.74 Å². The lowest BCUT2D eigenvalue weighted by Crippen LogP contribution is -2.20. The fraction of sp³-hybridized carbons (Fsp3) is 0.308. The van der Waals surface area contributed by atoms with Gasteiger partial charge in [-0.25, -0.2) is 4.79 Å². The lowest BCUT2D eigenvalue weighted by Gasteiger charge is -2.07. The minimum atomic E-state index is -4.58. The van der Waals surface area contributed by atoms with Crippen LogP contribution < -0.4 is 0 Å². The highest BCUT2D eigenvalue weighted by Gasteiger charge is 2.31. The van der Waals surface area contributed by atoms with Crippen molar-refractivity contribution < 1.29 is 32.3 Å². The van der Waals surface area contributed by atoms with Gasteiger partial charge in [0.2, 0.25) is 5.78 Å². The van der Waals surface area contributed by atoms with Crippen molar-refractivity contribution in [3.8, 4) is 0 Å². The van der Waals surface area contributed by atoms with Crippen LogP contribution in [0.15, 0.2) is 24.3 Å². The first-order chi connectivity index (χ1) is 9.25. The normalized spacial score (nSPS) is 11.0. The first-order valence-electron chi connectivity index (χ1n) is 5.66. The van der Waals surface area contributed by atoms with E-state index >= 15 is 0 Å². The summed E-state index contributed by atoms with van der Waals surface area (Å²) in [5.74, 6) is -3.13. The number of hydrogen-bond donors (Lipinski definition) is 0. The molecule has 0 saturated heterocycles. The van der Waals surface area contributed by atoms with Crippen LogP contribution in [-0.2, 0) is 20.5 Å². The molecule has 0 amide bonds. The van der Waals surface area contributed by atoms with E-state index in [9.17, 15) is 27.6 Å². The Labute approximate surface area is 112 Å². The number of hydrogen-bond acceptors (Lipinski definition) is 4. The topological polar surface area (TPSA) is 60.4 Å². The Morgan fingerprint density at radius 3 is 2.40 bits per heavy atom. The Kier molecular flexibility index (Phi) is 5.01. The van der Waals surface area contributed by atoms with Crippen LogP contribution in [0.4, 0.5) is 13.2 Å². The van der Waals surface area contributed by atoms with Gasteiger partial charge in [0.15, 0.2) is 5.78 Å². The Morgan fingerprint density at radius 1 is 1.20 bits per heavy atom. The fourth-order valence-corrected chi connectivity index (χ4v) is 1.40. The molecule has 108 valence electrons. The molecule has 7 heteroatoms. The van der Waals surface area contributed by atoms with Crippen LogP contribution in [0.1, 0.15) is 29.3 Å². The molecule has 0 unspecified atom stereocenters. The summed E-state index contributed by atoms with van der Waals surface area (Å²) in [6.07, 6.45) is -5.40. The zero-order valence-corrected chi connectivity index (χ0v) is 10.5. The van der Waals surface area contributed by atoms with Crippen molar-refractivity contribution in [3.63, 3.8) is 0 Å². The van der Waals surface area contributed by atoms with Crippen LogP contribution in [0.5, 0.6) is 0 Å². The molecule has 1 aromatic rings. The van der Waals surface area contributed by atoms with Crippen molar-refractivity contribution in [2.24, 2.45) is 0 Å². The molecule has 0 aromatic heterocycles. The Hall–Kier alpha value is -2.18. The molecule has 4 nitrogen and oxygen atoms in total. The molecule has 0 aliphatic heterocycles. The molecule has 1 rings (SSSR count). The Bertz CT molecular complexity index is 535. The highest BCUT2D eigenvalue weighted by atomic mass is 19.4. The van der Waals surface area contributed by atoms with Gasteiger partial charge in [-0.3, -0.25) is 9.59 Å². The van der Waals surface area contributed by atoms with Crippen molar-refractivity contribution in [2.75, 3.05) is 6.61 Å². The van der Waals surface area contributed by atoms with E-state index in [-0.39, 0.29) is 12.2 Å². The number of benzene rings is 1. The molecular weight excluding hydrogens is 277 g/mol. The van der Waals surface area contributed by atoms with Gasteiger partial charge in [-0.15, -0.1) is 0 Å². The Morgan fingerprint density at radius 2 is 1.85 bits per heavy atom. The number of ether oxygens (including phenoxy) is 1. The molecule has 0 heterocycles. The molecule has 0 radical (unpaired) electrons. The van der Waals surface area contributed by atoms with Crippen LogP contribution in [0.25, 0.3) is 0 Å². The van der Waals surface area contributed by atoms with E-state index < -0.39 is 35.7 Å². The maximum Gasteiger partial charge on any atom is 0.416 e. The average molecular weight is 288 g/mol. The smallest absolute Gasteiger partial charge is 0.416 e. The summed E-state index contributed by atoms with van der Waals surface area (Å²) >= 11 is 0. The van der Waals surface area contributed by atoms with E-state index in [0.717, 1.165) is 18.2 Å². The molecule has 0 N–H and O–H groups in total. The van der Waals surface area contributed by atoms with Gasteiger partial charge in [-0.1, -0.05) is 12.1 Å². The molecule has 0 fully saturated rings. The second-order valence-corrected chi connectivity index (χ2v) is 3.82. The number of esters is 1. The van der Waals surface area contributed by atoms with Crippen molar-refractivity contribution >= 4 is 17.5 Å². The average Bonchev–Trinajstić information content (AvgIpc) is 2.38. The van der Waals surface area contributed by atoms with Crippen molar-refractivity contribution in [1.29, 1.82) is 0 Å². The molecule has 0 atom stereocenters. The molecule has 0 bridgehead atoms. The van der Waals surface area contributed by atoms with Crippen LogP contribution in [-0.4, -0.2) is 24.1 Å². The van der Waals surface area contributed by atoms with Gasteiger partial charge in [0, 0.05) is 5.56 Å². The predicted molar refractivity (Wildman–Crippen MR) is 62.0 cm³/mol. The van der Waals surface area contributed by atoms with Gasteiger partial charge >= 0.3 is 12.1 Å². The summed E-state index contributed by atoms with van der Waals surface area (Å²) in [7, 11) is 0. The number of carbonyl (C=O) groups excluding carboxylic acids is 3. The van der Waals surface area contributed by atoms with E-state index in [1.807, 2.05) is 0 Å². The zero-order valence-electron chi connectivity index (χ0n) is 10.5. The van der Waals surface area contributed by atoms with Gasteiger partial charge in [0.25, 0.3) is 0 Å². The maximum absolute atomic E-state index is 12.5. The van der Waals surface area contributed by atoms with E-state index in [0.29, 0.717) is 6.07 Å². The third-order valence-corrected chi connectivity index (χ3v) is 2.34. The SMILES string of the molecule is CCOC(=O)C(=O)CC(=O)c1cccc(C(F)(F)F)c1. The van der Waals surface area contributed by atoms with E-state index in [1.54, 1.807) is 0 Å². The van der Waals surface area contributed by atoms with Gasteiger partial charge in [0.1, 0.15) is 0 Å². The van der Waals surface area contributed by atoms with Crippen molar-refractivity contribution in [3.05, 3.63) is 35.4 Å². The summed E-state index contributed by atoms with van der Waals surface area (Å²) < 4.78 is 41.8. The monoisotopic (exact) mass is 288 g/mol. The molecule has 0 saturated carbocycles. The van der Waals surface area contributed by atoms with E-state index in [2.05, 4.69) is 4.74 Å². The number of halogens is 3. The third-order valence-electron chi connectivity index (χ3n) is 2.34. The standard InChI is InChI=1S/C13H11F3O4/c1-2-20-12(19)11(18)7-10(17)8-4-3-5-9(6-8)13(14,15)16/h3-6H,2,7H2,1H3. The van der Waals surface area contributed by atoms with E-state index in [1.165, 1.54) is 6.92 Å². The quantitative estimate of drug-likeness (QED) is 0.361. The maximum atomic E-state index is 12.5. The molecule has 1 aromatic carbocycles. The van der Waals surface area contributed by atoms with Gasteiger partial charge in [-0.2, -0.15) is 13.2 Å². The summed E-state index contributed by atoms with van der Waals surface area (Å²) in [6, 6.07) is 3.66. The summed E-state index contributed by atoms with van der Waals surface area (Å²) in [6.45, 7) is 1.46. The highest BCUT2D eigenvalue weighted by molar-refractivity contribution is 6.38. The summed E-state index contributed by atoms with van der Waals surface area (Å²) in [5, 5.41) is 0. The summed E-state index contributed by atoms with van der Waals surface area (Å²) in [5.41, 5.74) is -1.27. The second kappa shape index (κ2) is 6.31. The first kappa shape index (κ1) is 15.9. The number of alkyl halides is 3. The lowest BCUT2D eigenvalue weighted by molar-refractivity contribution is -0.153. The van der Waals surface area contributed by atoms with Crippen LogP contribution in [0, 0.1) is 0 Å². The molecule has 0 spiro atoms. The lowest BCUT2D eigenvalue weighted by atomic mass is 10.0. The summed E-state index contributed by atoms with van der Waals surface area (Å²) in [4.78, 5) is 34.0. The molecular formula is C13H11F3O4. The second-order valence-electron chi connectivity index (χ2n) is 3.82. The fourth-order valence-electron chi connectivity index (χ4n) is 1.40. The van der Waals surface area contributed by atoms with Crippen LogP contribution in [0.3, 0.4) is 0 Å². The van der Waals surface area contributed by atoms with Gasteiger partial charge in [0.05, 0.1) is 18.6 Å². The van der Waals surface area contributed by atoms with Crippen LogP contribution in [0.2, 0.25) is 0 Å². The predicted octanol–water partition coefficient (Wildman–Crippen LogP) is 2.41. The zero-order chi connectivity index (χ0) is 15.3. The minimum absolute atomic E-state index is 0.0255. The molecule has 0 aliphatic carbocycles. The number of carbonyl (C=O) groups is 3. The molecule has 20 heavy (non-hydrogen) atoms. The van der Waals surface area contributed by atoms with Crippen LogP contribution >= 0.6 is 0 Å². The van der Waals surface area contributed by atoms with Gasteiger partial charge in [-0.05, 0) is 19.1 Å². The van der Waals surface area contributed by atoms with Crippen molar-refractivity contribution in [1.82, 2.24) is 0 Å². The van der Waals surface area contributed by atoms with E-state index in [4.69, 9.17) is 0 Å². The van der Waals surface area contributed by atoms with Crippen molar-refractivity contribution in [2.45, 2.75) is 19.5 Å². The minimum Gasteiger partial charge on any atom is -0.460 e. The number of Topliss-reactive ketones (excluding diaryl/α,β-unsaturated/α-hetero) is 2. The highest BCUT2D eigenvalue weighted by Crippen LogP contribution is 2.29. The Balaban J connectivity index is 2.83. The number of ketones is 2. The molecule has 0 aliphatic rings. The largest absolute Gasteiger partial charge is 0.460 e.